The molecule has 0 fully saturated rings. The number of nitrogens with zero attached hydrogens (tertiary/aromatic N) is 3. The molecule has 1 aliphatic rings. The summed E-state index contributed by atoms with van der Waals surface area (Å²) in [6.45, 7) is 3.12. The summed E-state index contributed by atoms with van der Waals surface area (Å²) >= 11 is 0. The summed E-state index contributed by atoms with van der Waals surface area (Å²) in [5.41, 5.74) is 2.25. The highest BCUT2D eigenvalue weighted by Gasteiger charge is 2.36. The van der Waals surface area contributed by atoms with Crippen molar-refractivity contribution in [2.75, 3.05) is 33.4 Å². The molecule has 0 radical (unpaired) electrons. The lowest BCUT2D eigenvalue weighted by Crippen LogP contribution is -2.48. The quantitative estimate of drug-likeness (QED) is 0.759. The second-order valence-electron chi connectivity index (χ2n) is 5.54. The van der Waals surface area contributed by atoms with E-state index in [9.17, 15) is 8.42 Å². The van der Waals surface area contributed by atoms with Gasteiger partial charge in [-0.2, -0.15) is 22.3 Å². The first-order valence-corrected chi connectivity index (χ1v) is 9.12. The third kappa shape index (κ3) is 3.90. The number of rotatable bonds is 7. The van der Waals surface area contributed by atoms with Gasteiger partial charge in [-0.3, -0.25) is 0 Å². The average Bonchev–Trinajstić information content (AvgIpc) is 2.55. The van der Waals surface area contributed by atoms with Gasteiger partial charge in [-0.1, -0.05) is 24.3 Å². The van der Waals surface area contributed by atoms with Gasteiger partial charge in [-0.05, 0) is 24.5 Å². The predicted octanol–water partition coefficient (Wildman–Crippen LogP) is 1.71. The van der Waals surface area contributed by atoms with E-state index in [0.29, 0.717) is 19.6 Å². The molecule has 0 saturated heterocycles. The molecule has 0 amide bonds. The number of nitriles is 1. The molecule has 1 unspecified atom stereocenters. The van der Waals surface area contributed by atoms with Crippen LogP contribution in [0.25, 0.3) is 0 Å². The van der Waals surface area contributed by atoms with E-state index in [1.165, 1.54) is 21.3 Å². The predicted molar refractivity (Wildman–Crippen MR) is 87.9 cm³/mol. The zero-order valence-electron chi connectivity index (χ0n) is 13.6. The molecule has 6 nitrogen and oxygen atoms in total. The molecule has 0 aliphatic carbocycles. The standard InChI is InChI=1S/C16H23N3O3S/c1-14-16-7-4-3-6-15(16)8-11-19(14)23(20,21)18(10-5-9-17)12-13-22-2/h3-4,6-7,14H,5,8,10-13H2,1-2H3. The molecule has 1 aromatic rings. The zero-order valence-corrected chi connectivity index (χ0v) is 14.4. The van der Waals surface area contributed by atoms with Gasteiger partial charge in [-0.15, -0.1) is 0 Å². The van der Waals surface area contributed by atoms with E-state index in [4.69, 9.17) is 10.00 Å². The Bertz CT molecular complexity index is 669. The highest BCUT2D eigenvalue weighted by Crippen LogP contribution is 2.32. The minimum absolute atomic E-state index is 0.168. The van der Waals surface area contributed by atoms with E-state index in [2.05, 4.69) is 0 Å². The van der Waals surface area contributed by atoms with Gasteiger partial charge in [-0.25, -0.2) is 0 Å². The van der Waals surface area contributed by atoms with Crippen LogP contribution in [0.1, 0.15) is 30.5 Å². The van der Waals surface area contributed by atoms with Crippen LogP contribution in [0.3, 0.4) is 0 Å². The van der Waals surface area contributed by atoms with Crippen molar-refractivity contribution in [3.8, 4) is 6.07 Å². The Morgan fingerprint density at radius 2 is 2.13 bits per heavy atom. The molecular formula is C16H23N3O3S. The van der Waals surface area contributed by atoms with Gasteiger partial charge in [0.05, 0.1) is 12.7 Å². The van der Waals surface area contributed by atoms with Gasteiger partial charge < -0.3 is 4.74 Å². The fourth-order valence-corrected chi connectivity index (χ4v) is 4.68. The molecule has 1 atom stereocenters. The van der Waals surface area contributed by atoms with Gasteiger partial charge in [0.25, 0.3) is 10.2 Å². The Morgan fingerprint density at radius 3 is 2.83 bits per heavy atom. The SMILES string of the molecule is COCCN(CCC#N)S(=O)(=O)N1CCc2ccccc2C1C. The van der Waals surface area contributed by atoms with Crippen molar-refractivity contribution in [3.63, 3.8) is 0 Å². The molecule has 0 aromatic heterocycles. The highest BCUT2D eigenvalue weighted by atomic mass is 32.2. The number of fused-ring (bicyclic) bond motifs is 1. The second-order valence-corrected chi connectivity index (χ2v) is 7.42. The molecular weight excluding hydrogens is 314 g/mol. The number of hydrogen-bond donors (Lipinski definition) is 0. The average molecular weight is 337 g/mol. The molecule has 0 bridgehead atoms. The maximum atomic E-state index is 13.0. The lowest BCUT2D eigenvalue weighted by molar-refractivity contribution is 0.174. The monoisotopic (exact) mass is 337 g/mol. The van der Waals surface area contributed by atoms with Gasteiger partial charge in [0.15, 0.2) is 0 Å². The van der Waals surface area contributed by atoms with Crippen molar-refractivity contribution < 1.29 is 13.2 Å². The second kappa shape index (κ2) is 7.88. The maximum Gasteiger partial charge on any atom is 0.282 e. The lowest BCUT2D eigenvalue weighted by Gasteiger charge is -2.37. The van der Waals surface area contributed by atoms with Gasteiger partial charge in [0, 0.05) is 39.2 Å². The van der Waals surface area contributed by atoms with Gasteiger partial charge >= 0.3 is 0 Å². The van der Waals surface area contributed by atoms with Crippen molar-refractivity contribution in [1.82, 2.24) is 8.61 Å². The highest BCUT2D eigenvalue weighted by molar-refractivity contribution is 7.86. The smallest absolute Gasteiger partial charge is 0.282 e. The van der Waals surface area contributed by atoms with Crippen LogP contribution in [0.15, 0.2) is 24.3 Å². The van der Waals surface area contributed by atoms with Crippen molar-refractivity contribution in [2.24, 2.45) is 0 Å². The van der Waals surface area contributed by atoms with Crippen LogP contribution >= 0.6 is 0 Å². The summed E-state index contributed by atoms with van der Waals surface area (Å²) in [6, 6.07) is 9.75. The van der Waals surface area contributed by atoms with E-state index in [-0.39, 0.29) is 25.6 Å². The first-order valence-electron chi connectivity index (χ1n) is 7.73. The number of hydrogen-bond acceptors (Lipinski definition) is 4. The third-order valence-corrected chi connectivity index (χ3v) is 6.29. The first kappa shape index (κ1) is 17.9. The summed E-state index contributed by atoms with van der Waals surface area (Å²) < 4.78 is 33.9. The molecule has 1 aromatic carbocycles. The summed E-state index contributed by atoms with van der Waals surface area (Å²) in [7, 11) is -2.09. The minimum atomic E-state index is -3.62. The zero-order chi connectivity index (χ0) is 16.9. The van der Waals surface area contributed by atoms with E-state index < -0.39 is 10.2 Å². The van der Waals surface area contributed by atoms with E-state index >= 15 is 0 Å². The maximum absolute atomic E-state index is 13.0. The van der Waals surface area contributed by atoms with Crippen LogP contribution in [-0.2, 0) is 21.4 Å². The number of methoxy groups -OCH3 is 1. The molecule has 0 N–H and O–H groups in total. The van der Waals surface area contributed by atoms with Crippen molar-refractivity contribution in [3.05, 3.63) is 35.4 Å². The first-order chi connectivity index (χ1) is 11.0. The largest absolute Gasteiger partial charge is 0.383 e. The van der Waals surface area contributed by atoms with Crippen LogP contribution in [0.2, 0.25) is 0 Å². The van der Waals surface area contributed by atoms with Gasteiger partial charge in [0.2, 0.25) is 0 Å². The summed E-state index contributed by atoms with van der Waals surface area (Å²) in [4.78, 5) is 0. The topological polar surface area (TPSA) is 73.6 Å². The Kier molecular flexibility index (Phi) is 6.13. The third-order valence-electron chi connectivity index (χ3n) is 4.18. The van der Waals surface area contributed by atoms with Crippen LogP contribution in [0.4, 0.5) is 0 Å². The normalized spacial score (nSPS) is 18.6. The molecule has 2 rings (SSSR count). The van der Waals surface area contributed by atoms with Crippen molar-refractivity contribution in [1.29, 1.82) is 5.26 Å². The van der Waals surface area contributed by atoms with E-state index in [1.807, 2.05) is 37.3 Å². The van der Waals surface area contributed by atoms with Crippen LogP contribution in [0, 0.1) is 11.3 Å². The Hall–Kier alpha value is -1.46. The van der Waals surface area contributed by atoms with Crippen LogP contribution < -0.4 is 0 Å². The minimum Gasteiger partial charge on any atom is -0.383 e. The molecule has 1 aliphatic heterocycles. The fourth-order valence-electron chi connectivity index (χ4n) is 2.92. The molecule has 0 spiro atoms. The molecule has 126 valence electrons. The number of benzene rings is 1. The fraction of sp³-hybridized carbons (Fsp3) is 0.562. The molecule has 0 saturated carbocycles. The van der Waals surface area contributed by atoms with Crippen molar-refractivity contribution in [2.45, 2.75) is 25.8 Å². The summed E-state index contributed by atoms with van der Waals surface area (Å²) in [5.74, 6) is 0. The van der Waals surface area contributed by atoms with Crippen LogP contribution in [0.5, 0.6) is 0 Å². The molecule has 1 heterocycles. The summed E-state index contributed by atoms with van der Waals surface area (Å²) in [5, 5.41) is 8.78. The van der Waals surface area contributed by atoms with Crippen molar-refractivity contribution >= 4 is 10.2 Å². The van der Waals surface area contributed by atoms with Crippen LogP contribution in [-0.4, -0.2) is 50.4 Å². The Morgan fingerprint density at radius 1 is 1.39 bits per heavy atom. The molecule has 7 heteroatoms. The van der Waals surface area contributed by atoms with Gasteiger partial charge in [0.1, 0.15) is 0 Å². The number of ether oxygens (including phenoxy) is 1. The molecule has 23 heavy (non-hydrogen) atoms. The Balaban J connectivity index is 2.25. The Labute approximate surface area is 138 Å². The lowest BCUT2D eigenvalue weighted by atomic mass is 9.96. The van der Waals surface area contributed by atoms with E-state index in [1.54, 1.807) is 0 Å². The summed E-state index contributed by atoms with van der Waals surface area (Å²) in [6.07, 6.45) is 0.873. The van der Waals surface area contributed by atoms with E-state index in [0.717, 1.165) is 5.56 Å².